The van der Waals surface area contributed by atoms with Crippen molar-refractivity contribution < 1.29 is 36.5 Å². The highest BCUT2D eigenvalue weighted by atomic mass is 32.2. The molecule has 2 unspecified atom stereocenters. The van der Waals surface area contributed by atoms with Crippen LogP contribution in [0.3, 0.4) is 0 Å². The number of fused-ring (bicyclic) bond motifs is 1. The van der Waals surface area contributed by atoms with Gasteiger partial charge < -0.3 is 18.8 Å². The molecule has 290 valence electrons. The van der Waals surface area contributed by atoms with Gasteiger partial charge in [0, 0.05) is 30.4 Å². The number of carbonyl (C=O) groups excluding carboxylic acids is 1. The molecule has 0 saturated carbocycles. The molecule has 1 saturated heterocycles. The van der Waals surface area contributed by atoms with Crippen LogP contribution in [-0.4, -0.2) is 44.5 Å². The standard InChI is InChI=1S/C36H58NO4.C7H8O3S/c1-2-3-4-5-6-7-8-9-10-11-12-13-14-15-18-27-36-40-31-33(41-36)30-39-35(38)26-17-16-21-28-37-29-22-24-32-23-19-20-25-34(32)37;1-6-2-4-7(5-3-6)11(8,9)10/h19-20,22-25,29,33,36H,2-18,21,26-28,30-31H2,1H3;2-5H,1H3,(H,8,9,10)/q+1;/p-1. The monoisotopic (exact) mass is 739 g/mol. The van der Waals surface area contributed by atoms with Crippen LogP contribution in [0.1, 0.15) is 141 Å². The van der Waals surface area contributed by atoms with Gasteiger partial charge in [0.2, 0.25) is 5.52 Å². The summed E-state index contributed by atoms with van der Waals surface area (Å²) in [7, 11) is -4.27. The minimum atomic E-state index is -4.27. The van der Waals surface area contributed by atoms with E-state index >= 15 is 0 Å². The zero-order valence-corrected chi connectivity index (χ0v) is 32.8. The molecule has 0 bridgehead atoms. The van der Waals surface area contributed by atoms with Crippen molar-refractivity contribution >= 4 is 27.0 Å². The van der Waals surface area contributed by atoms with Gasteiger partial charge in [-0.15, -0.1) is 0 Å². The van der Waals surface area contributed by atoms with Crippen molar-refractivity contribution in [1.29, 1.82) is 0 Å². The first-order chi connectivity index (χ1) is 25.3. The van der Waals surface area contributed by atoms with Crippen molar-refractivity contribution in [2.75, 3.05) is 13.2 Å². The molecular weight excluding hydrogens is 675 g/mol. The SMILES string of the molecule is CCCCCCCCCCCCCCCCCC1OCC(COC(=O)CCCCC[n+]2cccc3ccccc32)O1.Cc1ccc(S(=O)(=O)[O-])cc1. The van der Waals surface area contributed by atoms with Gasteiger partial charge in [-0.25, -0.2) is 8.42 Å². The van der Waals surface area contributed by atoms with Gasteiger partial charge >= 0.3 is 5.97 Å². The van der Waals surface area contributed by atoms with Gasteiger partial charge in [-0.05, 0) is 56.9 Å². The number of esters is 1. The van der Waals surface area contributed by atoms with E-state index < -0.39 is 10.1 Å². The molecule has 2 atom stereocenters. The van der Waals surface area contributed by atoms with Crippen LogP contribution in [0.4, 0.5) is 0 Å². The van der Waals surface area contributed by atoms with Crippen LogP contribution >= 0.6 is 0 Å². The van der Waals surface area contributed by atoms with Crippen LogP contribution in [-0.2, 0) is 35.7 Å². The number of unbranched alkanes of at least 4 members (excludes halogenated alkanes) is 16. The first-order valence-corrected chi connectivity index (χ1v) is 21.5. The smallest absolute Gasteiger partial charge is 0.305 e. The molecule has 0 N–H and O–H groups in total. The van der Waals surface area contributed by atoms with Gasteiger partial charge in [0.05, 0.1) is 11.5 Å². The molecule has 1 fully saturated rings. The molecule has 3 aromatic rings. The third-order valence-electron chi connectivity index (χ3n) is 9.66. The number of pyridine rings is 1. The van der Waals surface area contributed by atoms with Crippen LogP contribution in [0.2, 0.25) is 0 Å². The molecule has 8 nitrogen and oxygen atoms in total. The molecule has 1 aliphatic heterocycles. The molecule has 52 heavy (non-hydrogen) atoms. The summed E-state index contributed by atoms with van der Waals surface area (Å²) in [4.78, 5) is 12.0. The Morgan fingerprint density at radius 1 is 0.769 bits per heavy atom. The number of hydrogen-bond donors (Lipinski definition) is 0. The number of aromatic nitrogens is 1. The van der Waals surface area contributed by atoms with Crippen LogP contribution in [0.25, 0.3) is 10.9 Å². The maximum atomic E-state index is 12.2. The number of para-hydroxylation sites is 1. The summed E-state index contributed by atoms with van der Waals surface area (Å²) in [6.07, 6.45) is 26.8. The Morgan fingerprint density at radius 2 is 1.35 bits per heavy atom. The highest BCUT2D eigenvalue weighted by molar-refractivity contribution is 7.85. The van der Waals surface area contributed by atoms with Crippen LogP contribution < -0.4 is 4.57 Å². The van der Waals surface area contributed by atoms with Crippen molar-refractivity contribution in [3.63, 3.8) is 0 Å². The summed E-state index contributed by atoms with van der Waals surface area (Å²) in [5, 5.41) is 1.26. The van der Waals surface area contributed by atoms with Gasteiger partial charge in [-0.2, -0.15) is 4.57 Å². The first-order valence-electron chi connectivity index (χ1n) is 20.1. The average molecular weight is 740 g/mol. The van der Waals surface area contributed by atoms with Crippen molar-refractivity contribution in [2.45, 2.75) is 166 Å². The topological polar surface area (TPSA) is 106 Å². The summed E-state index contributed by atoms with van der Waals surface area (Å²) in [5.41, 5.74) is 2.18. The second-order valence-corrected chi connectivity index (χ2v) is 15.7. The van der Waals surface area contributed by atoms with Gasteiger partial charge in [0.1, 0.15) is 29.4 Å². The average Bonchev–Trinajstić information content (AvgIpc) is 3.60. The van der Waals surface area contributed by atoms with E-state index in [4.69, 9.17) is 14.2 Å². The molecule has 0 spiro atoms. The van der Waals surface area contributed by atoms with Crippen LogP contribution in [0, 0.1) is 6.92 Å². The van der Waals surface area contributed by atoms with E-state index in [1.165, 1.54) is 113 Å². The second-order valence-electron chi connectivity index (χ2n) is 14.3. The van der Waals surface area contributed by atoms with Crippen LogP contribution in [0.5, 0.6) is 0 Å². The van der Waals surface area contributed by atoms with Gasteiger partial charge in [-0.3, -0.25) is 4.79 Å². The Bertz CT molecular complexity index is 1490. The molecule has 1 aromatic heterocycles. The van der Waals surface area contributed by atoms with E-state index in [0.29, 0.717) is 19.6 Å². The zero-order chi connectivity index (χ0) is 37.3. The molecular formula is C43H65NO7S. The number of ether oxygens (including phenoxy) is 3. The normalized spacial score (nSPS) is 15.8. The summed E-state index contributed by atoms with van der Waals surface area (Å²) < 4.78 is 50.7. The largest absolute Gasteiger partial charge is 0.744 e. The lowest BCUT2D eigenvalue weighted by Gasteiger charge is -2.12. The fourth-order valence-electron chi connectivity index (χ4n) is 6.54. The van der Waals surface area contributed by atoms with Crippen molar-refractivity contribution in [3.05, 3.63) is 72.4 Å². The maximum absolute atomic E-state index is 12.2. The van der Waals surface area contributed by atoms with E-state index in [0.717, 1.165) is 44.2 Å². The summed E-state index contributed by atoms with van der Waals surface area (Å²) in [6, 6.07) is 18.5. The van der Waals surface area contributed by atoms with E-state index in [1.807, 2.05) is 6.92 Å². The fraction of sp³-hybridized carbons (Fsp3) is 0.628. The van der Waals surface area contributed by atoms with E-state index in [1.54, 1.807) is 12.1 Å². The van der Waals surface area contributed by atoms with Gasteiger partial charge in [-0.1, -0.05) is 127 Å². The highest BCUT2D eigenvalue weighted by Crippen LogP contribution is 2.20. The Labute approximate surface area is 314 Å². The minimum Gasteiger partial charge on any atom is -0.744 e. The molecule has 0 amide bonds. The molecule has 1 aliphatic rings. The first kappa shape index (κ1) is 43.6. The third-order valence-corrected chi connectivity index (χ3v) is 10.5. The number of nitrogens with zero attached hydrogens (tertiary/aromatic N) is 1. The van der Waals surface area contributed by atoms with Crippen molar-refractivity contribution in [1.82, 2.24) is 0 Å². The highest BCUT2D eigenvalue weighted by Gasteiger charge is 2.26. The maximum Gasteiger partial charge on any atom is 0.305 e. The fourth-order valence-corrected chi connectivity index (χ4v) is 7.01. The number of rotatable bonds is 25. The van der Waals surface area contributed by atoms with Crippen molar-refractivity contribution in [2.24, 2.45) is 0 Å². The van der Waals surface area contributed by atoms with E-state index in [2.05, 4.69) is 54.1 Å². The third kappa shape index (κ3) is 18.8. The van der Waals surface area contributed by atoms with Crippen molar-refractivity contribution in [3.8, 4) is 0 Å². The van der Waals surface area contributed by atoms with E-state index in [9.17, 15) is 17.8 Å². The Kier molecular flexibility index (Phi) is 21.8. The molecule has 2 heterocycles. The number of hydrogen-bond acceptors (Lipinski definition) is 7. The number of carbonyl (C=O) groups is 1. The Morgan fingerprint density at radius 3 is 1.98 bits per heavy atom. The quantitative estimate of drug-likeness (QED) is 0.0369. The lowest BCUT2D eigenvalue weighted by Crippen LogP contribution is -2.33. The van der Waals surface area contributed by atoms with Crippen LogP contribution in [0.15, 0.2) is 71.8 Å². The molecule has 0 aliphatic carbocycles. The van der Waals surface area contributed by atoms with E-state index in [-0.39, 0.29) is 23.3 Å². The zero-order valence-electron chi connectivity index (χ0n) is 32.0. The lowest BCUT2D eigenvalue weighted by molar-refractivity contribution is -0.671. The van der Waals surface area contributed by atoms with Gasteiger partial charge in [0.15, 0.2) is 12.5 Å². The second kappa shape index (κ2) is 26.0. The molecule has 0 radical (unpaired) electrons. The summed E-state index contributed by atoms with van der Waals surface area (Å²) in [5.74, 6) is -0.128. The Hall–Kier alpha value is -2.85. The summed E-state index contributed by atoms with van der Waals surface area (Å²) in [6.45, 7) is 5.90. The molecule has 9 heteroatoms. The Balaban J connectivity index is 0.000000564. The van der Waals surface area contributed by atoms with Gasteiger partial charge in [0.25, 0.3) is 0 Å². The number of benzene rings is 2. The minimum absolute atomic E-state index is 0.122. The number of aryl methyl sites for hydroxylation is 2. The molecule has 2 aromatic carbocycles. The molecule has 4 rings (SSSR count). The predicted octanol–water partition coefficient (Wildman–Crippen LogP) is 10.1. The predicted molar refractivity (Wildman–Crippen MR) is 207 cm³/mol. The lowest BCUT2D eigenvalue weighted by atomic mass is 10.0. The summed E-state index contributed by atoms with van der Waals surface area (Å²) >= 11 is 0.